The molecule has 7 heteroatoms. The van der Waals surface area contributed by atoms with Gasteiger partial charge in [0.05, 0.1) is 23.8 Å². The molecule has 168 valence electrons. The van der Waals surface area contributed by atoms with Crippen LogP contribution < -0.4 is 5.32 Å². The van der Waals surface area contributed by atoms with Crippen LogP contribution >= 0.6 is 0 Å². The van der Waals surface area contributed by atoms with Crippen LogP contribution in [0.25, 0.3) is 0 Å². The second kappa shape index (κ2) is 9.63. The van der Waals surface area contributed by atoms with E-state index in [1.165, 1.54) is 16.5 Å². The summed E-state index contributed by atoms with van der Waals surface area (Å²) >= 11 is 0. The smallest absolute Gasteiger partial charge is 0.261 e. The van der Waals surface area contributed by atoms with Gasteiger partial charge >= 0.3 is 0 Å². The summed E-state index contributed by atoms with van der Waals surface area (Å²) in [6.45, 7) is 5.24. The quantitative estimate of drug-likeness (QED) is 0.645. The van der Waals surface area contributed by atoms with Crippen molar-refractivity contribution in [2.45, 2.75) is 39.0 Å². The topological polar surface area (TPSA) is 79.0 Å². The van der Waals surface area contributed by atoms with Gasteiger partial charge in [-0.05, 0) is 55.8 Å². The summed E-state index contributed by atoms with van der Waals surface area (Å²) in [6.07, 6.45) is 1.68. The zero-order valence-electron chi connectivity index (χ0n) is 18.6. The molecule has 4 rings (SSSR count). The zero-order chi connectivity index (χ0) is 22.7. The fraction of sp³-hybridized carbons (Fsp3) is 0.400. The summed E-state index contributed by atoms with van der Waals surface area (Å²) in [5, 5.41) is 2.91. The van der Waals surface area contributed by atoms with Gasteiger partial charge in [0.2, 0.25) is 0 Å². The molecule has 1 N–H and O–H groups in total. The Labute approximate surface area is 188 Å². The van der Waals surface area contributed by atoms with E-state index >= 15 is 0 Å². The van der Waals surface area contributed by atoms with E-state index in [0.717, 1.165) is 31.5 Å². The minimum Gasteiger partial charge on any atom is -0.376 e. The van der Waals surface area contributed by atoms with E-state index in [9.17, 15) is 14.4 Å². The van der Waals surface area contributed by atoms with Crippen LogP contribution in [0.2, 0.25) is 0 Å². The SMILES string of the molecule is CCN(C)Cc1cccc(CNC(=O)c2ccc3c(c2)C(=O)N(CC2CCCO2)C3=O)c1. The van der Waals surface area contributed by atoms with Crippen LogP contribution in [-0.4, -0.2) is 60.4 Å². The molecule has 32 heavy (non-hydrogen) atoms. The molecule has 1 fully saturated rings. The molecule has 2 aliphatic heterocycles. The number of nitrogens with one attached hydrogen (secondary N) is 1. The van der Waals surface area contributed by atoms with Crippen molar-refractivity contribution in [2.24, 2.45) is 0 Å². The highest BCUT2D eigenvalue weighted by molar-refractivity contribution is 6.22. The number of rotatable bonds is 8. The van der Waals surface area contributed by atoms with Gasteiger partial charge in [-0.1, -0.05) is 31.2 Å². The molecular formula is C25H29N3O4. The molecule has 1 saturated heterocycles. The van der Waals surface area contributed by atoms with Crippen LogP contribution in [0.3, 0.4) is 0 Å². The van der Waals surface area contributed by atoms with Crippen LogP contribution in [0.15, 0.2) is 42.5 Å². The maximum Gasteiger partial charge on any atom is 0.261 e. The third kappa shape index (κ3) is 4.74. The highest BCUT2D eigenvalue weighted by Gasteiger charge is 2.37. The van der Waals surface area contributed by atoms with E-state index in [1.807, 2.05) is 12.1 Å². The molecule has 0 radical (unpaired) electrons. The normalized spacial score (nSPS) is 17.8. The standard InChI is InChI=1S/C25H29N3O4/c1-3-27(2)15-18-7-4-6-17(12-18)14-26-23(29)19-9-10-21-22(13-19)25(31)28(24(21)30)16-20-8-5-11-32-20/h4,6-7,9-10,12-13,20H,3,5,8,11,14-16H2,1-2H3,(H,26,29). The molecule has 0 saturated carbocycles. The fourth-order valence-electron chi connectivity index (χ4n) is 4.14. The van der Waals surface area contributed by atoms with E-state index in [1.54, 1.807) is 12.1 Å². The van der Waals surface area contributed by atoms with Crippen LogP contribution in [0.4, 0.5) is 0 Å². The summed E-state index contributed by atoms with van der Waals surface area (Å²) in [6, 6.07) is 12.8. The van der Waals surface area contributed by atoms with Crippen molar-refractivity contribution in [3.05, 3.63) is 70.3 Å². The van der Waals surface area contributed by atoms with Crippen molar-refractivity contribution in [3.8, 4) is 0 Å². The summed E-state index contributed by atoms with van der Waals surface area (Å²) in [4.78, 5) is 41.6. The number of fused-ring (bicyclic) bond motifs is 1. The Hall–Kier alpha value is -3.03. The van der Waals surface area contributed by atoms with Gasteiger partial charge in [0.25, 0.3) is 17.7 Å². The first kappa shape index (κ1) is 22.2. The summed E-state index contributed by atoms with van der Waals surface area (Å²) in [5.74, 6) is -0.953. The highest BCUT2D eigenvalue weighted by Crippen LogP contribution is 2.26. The molecule has 1 atom stereocenters. The van der Waals surface area contributed by atoms with Crippen molar-refractivity contribution in [1.29, 1.82) is 0 Å². The predicted octanol–water partition coefficient (Wildman–Crippen LogP) is 2.84. The average Bonchev–Trinajstić information content (AvgIpc) is 3.40. The Kier molecular flexibility index (Phi) is 6.67. The van der Waals surface area contributed by atoms with E-state index in [0.29, 0.717) is 24.3 Å². The molecule has 0 bridgehead atoms. The van der Waals surface area contributed by atoms with Crippen LogP contribution in [-0.2, 0) is 17.8 Å². The third-order valence-electron chi connectivity index (χ3n) is 6.08. The Balaban J connectivity index is 1.41. The molecular weight excluding hydrogens is 406 g/mol. The number of carbonyl (C=O) groups is 3. The zero-order valence-corrected chi connectivity index (χ0v) is 18.6. The van der Waals surface area contributed by atoms with E-state index in [2.05, 4.69) is 36.3 Å². The van der Waals surface area contributed by atoms with Crippen LogP contribution in [0.1, 0.15) is 62.0 Å². The Morgan fingerprint density at radius 2 is 1.91 bits per heavy atom. The summed E-state index contributed by atoms with van der Waals surface area (Å²) in [5.41, 5.74) is 3.19. The van der Waals surface area contributed by atoms with Gasteiger partial charge in [-0.2, -0.15) is 0 Å². The van der Waals surface area contributed by atoms with Crippen molar-refractivity contribution in [3.63, 3.8) is 0 Å². The highest BCUT2D eigenvalue weighted by atomic mass is 16.5. The summed E-state index contributed by atoms with van der Waals surface area (Å²) in [7, 11) is 2.07. The largest absolute Gasteiger partial charge is 0.376 e. The van der Waals surface area contributed by atoms with E-state index in [4.69, 9.17) is 4.74 Å². The number of ether oxygens (including phenoxy) is 1. The lowest BCUT2D eigenvalue weighted by Crippen LogP contribution is -2.36. The lowest BCUT2D eigenvalue weighted by atomic mass is 10.0. The molecule has 2 heterocycles. The molecule has 0 aromatic heterocycles. The number of imide groups is 1. The number of carbonyl (C=O) groups excluding carboxylic acids is 3. The first-order valence-corrected chi connectivity index (χ1v) is 11.1. The number of hydrogen-bond acceptors (Lipinski definition) is 5. The van der Waals surface area contributed by atoms with Crippen molar-refractivity contribution in [1.82, 2.24) is 15.1 Å². The number of nitrogens with zero attached hydrogens (tertiary/aromatic N) is 2. The Bertz CT molecular complexity index is 1030. The Morgan fingerprint density at radius 3 is 2.66 bits per heavy atom. The molecule has 1 unspecified atom stereocenters. The molecule has 2 aromatic rings. The maximum absolute atomic E-state index is 12.8. The van der Waals surface area contributed by atoms with Crippen molar-refractivity contribution >= 4 is 17.7 Å². The molecule has 7 nitrogen and oxygen atoms in total. The minimum absolute atomic E-state index is 0.104. The lowest BCUT2D eigenvalue weighted by Gasteiger charge is -2.17. The predicted molar refractivity (Wildman–Crippen MR) is 120 cm³/mol. The second-order valence-electron chi connectivity index (χ2n) is 8.45. The van der Waals surface area contributed by atoms with Gasteiger partial charge in [-0.3, -0.25) is 19.3 Å². The summed E-state index contributed by atoms with van der Waals surface area (Å²) < 4.78 is 5.57. The molecule has 2 aromatic carbocycles. The van der Waals surface area contributed by atoms with Gasteiger partial charge < -0.3 is 15.0 Å². The molecule has 3 amide bonds. The van der Waals surface area contributed by atoms with Crippen LogP contribution in [0, 0.1) is 0 Å². The number of hydrogen-bond donors (Lipinski definition) is 1. The van der Waals surface area contributed by atoms with Gasteiger partial charge in [0.15, 0.2) is 0 Å². The monoisotopic (exact) mass is 435 g/mol. The van der Waals surface area contributed by atoms with Gasteiger partial charge in [-0.15, -0.1) is 0 Å². The average molecular weight is 436 g/mol. The number of amides is 3. The first-order valence-electron chi connectivity index (χ1n) is 11.1. The molecule has 0 aliphatic carbocycles. The number of benzene rings is 2. The van der Waals surface area contributed by atoms with Gasteiger partial charge in [0, 0.05) is 25.3 Å². The Morgan fingerprint density at radius 1 is 1.12 bits per heavy atom. The minimum atomic E-state index is -0.358. The molecule has 2 aliphatic rings. The third-order valence-corrected chi connectivity index (χ3v) is 6.08. The van der Waals surface area contributed by atoms with Gasteiger partial charge in [0.1, 0.15) is 0 Å². The van der Waals surface area contributed by atoms with E-state index < -0.39 is 0 Å². The van der Waals surface area contributed by atoms with Gasteiger partial charge in [-0.25, -0.2) is 0 Å². The van der Waals surface area contributed by atoms with Crippen molar-refractivity contribution in [2.75, 3.05) is 26.7 Å². The maximum atomic E-state index is 12.8. The van der Waals surface area contributed by atoms with E-state index in [-0.39, 0.29) is 35.9 Å². The van der Waals surface area contributed by atoms with Crippen molar-refractivity contribution < 1.29 is 19.1 Å². The van der Waals surface area contributed by atoms with Crippen LogP contribution in [0.5, 0.6) is 0 Å². The second-order valence-corrected chi connectivity index (χ2v) is 8.45. The lowest BCUT2D eigenvalue weighted by molar-refractivity contribution is 0.0475. The fourth-order valence-corrected chi connectivity index (χ4v) is 4.14. The molecule has 0 spiro atoms. The first-order chi connectivity index (χ1) is 15.5.